The van der Waals surface area contributed by atoms with E-state index in [1.54, 1.807) is 29.8 Å². The highest BCUT2D eigenvalue weighted by Crippen LogP contribution is 2.06. The number of carbonyl (C=O) groups is 1. The van der Waals surface area contributed by atoms with E-state index in [1.807, 2.05) is 0 Å². The van der Waals surface area contributed by atoms with Crippen LogP contribution < -0.4 is 0 Å². The molecule has 0 unspecified atom stereocenters. The minimum absolute atomic E-state index is 0.257. The lowest BCUT2D eigenvalue weighted by atomic mass is 10.4. The van der Waals surface area contributed by atoms with E-state index in [2.05, 4.69) is 9.97 Å². The molecule has 0 aromatic carbocycles. The van der Waals surface area contributed by atoms with E-state index >= 15 is 0 Å². The number of hydrogen-bond acceptors (Lipinski definition) is 4. The van der Waals surface area contributed by atoms with Crippen LogP contribution in [-0.4, -0.2) is 26.9 Å². The third kappa shape index (κ3) is 1.32. The Hall–Kier alpha value is -1.91. The predicted octanol–water partition coefficient (Wildman–Crippen LogP) is 0.906. The first-order valence-electron chi connectivity index (χ1n) is 4.27. The Morgan fingerprint density at radius 3 is 3.21 bits per heavy atom. The van der Waals surface area contributed by atoms with Gasteiger partial charge in [0.15, 0.2) is 11.3 Å². The number of nitrogens with zero attached hydrogens (tertiary/aromatic N) is 3. The van der Waals surface area contributed by atoms with Crippen molar-refractivity contribution in [1.82, 2.24) is 14.4 Å². The van der Waals surface area contributed by atoms with Crippen LogP contribution in [0.15, 0.2) is 24.8 Å². The van der Waals surface area contributed by atoms with Crippen LogP contribution in [0, 0.1) is 0 Å². The molecular formula is C9H9N3O2. The van der Waals surface area contributed by atoms with Crippen LogP contribution in [0.1, 0.15) is 17.4 Å². The largest absolute Gasteiger partial charge is 0.461 e. The number of fused-ring (bicyclic) bond motifs is 1. The van der Waals surface area contributed by atoms with Crippen molar-refractivity contribution in [1.29, 1.82) is 0 Å². The highest BCUT2D eigenvalue weighted by Gasteiger charge is 2.14. The van der Waals surface area contributed by atoms with E-state index < -0.39 is 5.97 Å². The second-order valence-electron chi connectivity index (χ2n) is 2.66. The van der Waals surface area contributed by atoms with E-state index in [4.69, 9.17) is 4.74 Å². The molecule has 0 bridgehead atoms. The molecule has 5 nitrogen and oxygen atoms in total. The average molecular weight is 191 g/mol. The maximum atomic E-state index is 11.4. The predicted molar refractivity (Wildman–Crippen MR) is 48.9 cm³/mol. The van der Waals surface area contributed by atoms with Gasteiger partial charge in [-0.15, -0.1) is 0 Å². The molecule has 0 saturated carbocycles. The Balaban J connectivity index is 2.47. The molecule has 0 radical (unpaired) electrons. The van der Waals surface area contributed by atoms with Gasteiger partial charge in [-0.2, -0.15) is 0 Å². The van der Waals surface area contributed by atoms with E-state index in [0.29, 0.717) is 12.3 Å². The quantitative estimate of drug-likeness (QED) is 0.662. The SMILES string of the molecule is CCOC(=O)c1ncn2cccnc12. The standard InChI is InChI=1S/C9H9N3O2/c1-2-14-9(13)7-8-10-4-3-5-12(8)6-11-7/h3-6H,2H2,1H3. The molecule has 2 heterocycles. The zero-order valence-electron chi connectivity index (χ0n) is 7.67. The van der Waals surface area contributed by atoms with Crippen molar-refractivity contribution in [2.75, 3.05) is 6.61 Å². The molecule has 0 atom stereocenters. The summed E-state index contributed by atoms with van der Waals surface area (Å²) in [4.78, 5) is 19.4. The first kappa shape index (κ1) is 8.68. The van der Waals surface area contributed by atoms with Crippen LogP contribution in [0.2, 0.25) is 0 Å². The fourth-order valence-electron chi connectivity index (χ4n) is 1.18. The number of esters is 1. The molecule has 72 valence electrons. The lowest BCUT2D eigenvalue weighted by Gasteiger charge is -1.97. The lowest BCUT2D eigenvalue weighted by molar-refractivity contribution is 0.0522. The van der Waals surface area contributed by atoms with Gasteiger partial charge in [-0.05, 0) is 13.0 Å². The van der Waals surface area contributed by atoms with Gasteiger partial charge >= 0.3 is 5.97 Å². The topological polar surface area (TPSA) is 56.5 Å². The maximum Gasteiger partial charge on any atom is 0.360 e. The summed E-state index contributed by atoms with van der Waals surface area (Å²) in [7, 11) is 0. The minimum Gasteiger partial charge on any atom is -0.461 e. The van der Waals surface area contributed by atoms with Gasteiger partial charge < -0.3 is 4.74 Å². The summed E-state index contributed by atoms with van der Waals surface area (Å²) in [6, 6.07) is 1.77. The summed E-state index contributed by atoms with van der Waals surface area (Å²) in [5, 5.41) is 0. The number of aromatic nitrogens is 3. The summed E-state index contributed by atoms with van der Waals surface area (Å²) < 4.78 is 6.51. The van der Waals surface area contributed by atoms with Crippen molar-refractivity contribution in [2.45, 2.75) is 6.92 Å². The normalized spacial score (nSPS) is 10.4. The Kier molecular flexibility index (Phi) is 2.14. The van der Waals surface area contributed by atoms with Crippen LogP contribution in [0.5, 0.6) is 0 Å². The first-order chi connectivity index (χ1) is 6.83. The monoisotopic (exact) mass is 191 g/mol. The van der Waals surface area contributed by atoms with Crippen LogP contribution in [0.3, 0.4) is 0 Å². The zero-order chi connectivity index (χ0) is 9.97. The summed E-state index contributed by atoms with van der Waals surface area (Å²) in [5.74, 6) is -0.436. The van der Waals surface area contributed by atoms with Gasteiger partial charge in [-0.1, -0.05) is 0 Å². The number of imidazole rings is 1. The zero-order valence-corrected chi connectivity index (χ0v) is 7.67. The van der Waals surface area contributed by atoms with Crippen molar-refractivity contribution in [3.8, 4) is 0 Å². The molecule has 0 aliphatic rings. The summed E-state index contributed by atoms with van der Waals surface area (Å²) in [5.41, 5.74) is 0.776. The van der Waals surface area contributed by atoms with Crippen LogP contribution >= 0.6 is 0 Å². The second kappa shape index (κ2) is 3.45. The van der Waals surface area contributed by atoms with Crippen LogP contribution in [0.25, 0.3) is 5.65 Å². The highest BCUT2D eigenvalue weighted by atomic mass is 16.5. The lowest BCUT2D eigenvalue weighted by Crippen LogP contribution is -2.06. The molecule has 2 aromatic heterocycles. The maximum absolute atomic E-state index is 11.4. The molecular weight excluding hydrogens is 182 g/mol. The third-order valence-electron chi connectivity index (χ3n) is 1.77. The van der Waals surface area contributed by atoms with Crippen molar-refractivity contribution in [2.24, 2.45) is 0 Å². The number of rotatable bonds is 2. The number of ether oxygens (including phenoxy) is 1. The van der Waals surface area contributed by atoms with Crippen molar-refractivity contribution >= 4 is 11.6 Å². The van der Waals surface area contributed by atoms with Gasteiger partial charge in [0.25, 0.3) is 0 Å². The summed E-state index contributed by atoms with van der Waals surface area (Å²) >= 11 is 0. The Morgan fingerprint density at radius 1 is 1.57 bits per heavy atom. The Labute approximate surface area is 80.4 Å². The molecule has 0 aliphatic heterocycles. The molecule has 0 amide bonds. The fraction of sp³-hybridized carbons (Fsp3) is 0.222. The first-order valence-corrected chi connectivity index (χ1v) is 4.27. The fourth-order valence-corrected chi connectivity index (χ4v) is 1.18. The molecule has 0 fully saturated rings. The molecule has 2 rings (SSSR count). The van der Waals surface area contributed by atoms with E-state index in [-0.39, 0.29) is 5.69 Å². The molecule has 2 aromatic rings. The Bertz CT molecular complexity index is 464. The number of hydrogen-bond donors (Lipinski definition) is 0. The highest BCUT2D eigenvalue weighted by molar-refractivity contribution is 5.93. The van der Waals surface area contributed by atoms with Crippen molar-refractivity contribution < 1.29 is 9.53 Å². The van der Waals surface area contributed by atoms with Gasteiger partial charge in [-0.25, -0.2) is 14.8 Å². The number of carbonyl (C=O) groups excluding carboxylic acids is 1. The van der Waals surface area contributed by atoms with Crippen molar-refractivity contribution in [3.63, 3.8) is 0 Å². The van der Waals surface area contributed by atoms with Gasteiger partial charge in [-0.3, -0.25) is 4.40 Å². The van der Waals surface area contributed by atoms with E-state index in [0.717, 1.165) is 0 Å². The smallest absolute Gasteiger partial charge is 0.360 e. The van der Waals surface area contributed by atoms with Crippen LogP contribution in [-0.2, 0) is 4.74 Å². The molecule has 5 heteroatoms. The van der Waals surface area contributed by atoms with Gasteiger partial charge in [0.05, 0.1) is 6.61 Å². The molecule has 0 saturated heterocycles. The Morgan fingerprint density at radius 2 is 2.43 bits per heavy atom. The average Bonchev–Trinajstić information content (AvgIpc) is 2.61. The molecule has 0 spiro atoms. The molecule has 0 aliphatic carbocycles. The molecule has 14 heavy (non-hydrogen) atoms. The second-order valence-corrected chi connectivity index (χ2v) is 2.66. The molecule has 0 N–H and O–H groups in total. The van der Waals surface area contributed by atoms with E-state index in [1.165, 1.54) is 6.33 Å². The van der Waals surface area contributed by atoms with Crippen LogP contribution in [0.4, 0.5) is 0 Å². The summed E-state index contributed by atoms with van der Waals surface area (Å²) in [6.45, 7) is 2.09. The van der Waals surface area contributed by atoms with Gasteiger partial charge in [0.2, 0.25) is 0 Å². The minimum atomic E-state index is -0.436. The van der Waals surface area contributed by atoms with Gasteiger partial charge in [0, 0.05) is 12.4 Å². The summed E-state index contributed by atoms with van der Waals surface area (Å²) in [6.07, 6.45) is 4.92. The third-order valence-corrected chi connectivity index (χ3v) is 1.77. The van der Waals surface area contributed by atoms with Crippen molar-refractivity contribution in [3.05, 3.63) is 30.5 Å². The van der Waals surface area contributed by atoms with Gasteiger partial charge in [0.1, 0.15) is 6.33 Å². The van der Waals surface area contributed by atoms with E-state index in [9.17, 15) is 4.79 Å².